The van der Waals surface area contributed by atoms with Crippen molar-refractivity contribution in [1.29, 1.82) is 0 Å². The molecule has 0 spiro atoms. The molecular weight excluding hydrogens is 396 g/mol. The highest BCUT2D eigenvalue weighted by Gasteiger charge is 2.34. The summed E-state index contributed by atoms with van der Waals surface area (Å²) in [6, 6.07) is 21.1. The van der Waals surface area contributed by atoms with Crippen LogP contribution in [0.15, 0.2) is 77.3 Å². The molecule has 4 aromatic rings. The molecule has 0 bridgehead atoms. The van der Waals surface area contributed by atoms with E-state index in [-0.39, 0.29) is 25.0 Å². The van der Waals surface area contributed by atoms with Crippen LogP contribution in [0.2, 0.25) is 0 Å². The Kier molecular flexibility index (Phi) is 4.55. The lowest BCUT2D eigenvalue weighted by molar-refractivity contribution is 0.0420. The fraction of sp³-hybridized carbons (Fsp3) is 0.0833. The summed E-state index contributed by atoms with van der Waals surface area (Å²) < 4.78 is 10.8. The molecule has 0 saturated carbocycles. The van der Waals surface area contributed by atoms with Gasteiger partial charge in [-0.1, -0.05) is 47.6 Å². The third kappa shape index (κ3) is 3.26. The van der Waals surface area contributed by atoms with Crippen molar-refractivity contribution in [3.63, 3.8) is 0 Å². The number of hydrogen-bond donors (Lipinski definition) is 0. The van der Waals surface area contributed by atoms with Crippen LogP contribution in [-0.4, -0.2) is 41.0 Å². The van der Waals surface area contributed by atoms with Gasteiger partial charge in [-0.25, -0.2) is 4.79 Å². The third-order valence-corrected chi connectivity index (χ3v) is 5.17. The van der Waals surface area contributed by atoms with Gasteiger partial charge < -0.3 is 9.26 Å². The predicted molar refractivity (Wildman–Crippen MR) is 112 cm³/mol. The lowest BCUT2D eigenvalue weighted by Crippen LogP contribution is -2.33. The van der Waals surface area contributed by atoms with Gasteiger partial charge in [0.1, 0.15) is 12.1 Å². The van der Waals surface area contributed by atoms with Crippen molar-refractivity contribution in [3.8, 4) is 11.3 Å². The molecule has 7 heteroatoms. The molecule has 31 heavy (non-hydrogen) atoms. The second-order valence-corrected chi connectivity index (χ2v) is 7.05. The van der Waals surface area contributed by atoms with Gasteiger partial charge in [0.05, 0.1) is 28.6 Å². The van der Waals surface area contributed by atoms with Crippen LogP contribution in [0.1, 0.15) is 31.1 Å². The van der Waals surface area contributed by atoms with E-state index in [1.54, 1.807) is 42.5 Å². The molecule has 0 aliphatic carbocycles. The van der Waals surface area contributed by atoms with E-state index in [4.69, 9.17) is 9.26 Å². The standard InChI is InChI=1S/C24H16N2O5/c27-22-17-8-4-5-9-18(17)23(28)26(22)12-13-30-24(29)16-10-11-20-19(14-16)21(31-25-20)15-6-2-1-3-7-15/h1-11,14H,12-13H2. The van der Waals surface area contributed by atoms with Gasteiger partial charge in [-0.3, -0.25) is 14.5 Å². The van der Waals surface area contributed by atoms with Crippen molar-refractivity contribution < 1.29 is 23.6 Å². The van der Waals surface area contributed by atoms with Crippen molar-refractivity contribution in [2.45, 2.75) is 0 Å². The summed E-state index contributed by atoms with van der Waals surface area (Å²) in [6.07, 6.45) is 0. The fourth-order valence-electron chi connectivity index (χ4n) is 3.62. The number of benzene rings is 3. The number of esters is 1. The van der Waals surface area contributed by atoms with Crippen LogP contribution in [0.5, 0.6) is 0 Å². The van der Waals surface area contributed by atoms with Crippen LogP contribution >= 0.6 is 0 Å². The maximum absolute atomic E-state index is 12.6. The Labute approximate surface area is 176 Å². The average molecular weight is 412 g/mol. The number of rotatable bonds is 5. The number of hydrogen-bond acceptors (Lipinski definition) is 6. The molecule has 2 heterocycles. The fourth-order valence-corrected chi connectivity index (χ4v) is 3.62. The van der Waals surface area contributed by atoms with Gasteiger partial charge in [-0.2, -0.15) is 0 Å². The molecule has 1 aromatic heterocycles. The van der Waals surface area contributed by atoms with E-state index in [0.29, 0.717) is 33.4 Å². The second-order valence-electron chi connectivity index (χ2n) is 7.05. The summed E-state index contributed by atoms with van der Waals surface area (Å²) in [4.78, 5) is 38.4. The molecule has 0 saturated heterocycles. The average Bonchev–Trinajstić information content (AvgIpc) is 3.34. The summed E-state index contributed by atoms with van der Waals surface area (Å²) in [5, 5.41) is 4.73. The number of nitrogens with zero attached hydrogens (tertiary/aromatic N) is 2. The van der Waals surface area contributed by atoms with Crippen LogP contribution in [-0.2, 0) is 4.74 Å². The Bertz CT molecular complexity index is 1290. The van der Waals surface area contributed by atoms with Crippen LogP contribution in [0.4, 0.5) is 0 Å². The number of amides is 2. The number of imide groups is 1. The molecule has 0 N–H and O–H groups in total. The second kappa shape index (κ2) is 7.53. The number of carbonyl (C=O) groups excluding carboxylic acids is 3. The first kappa shape index (κ1) is 18.7. The first-order valence-corrected chi connectivity index (χ1v) is 9.70. The minimum absolute atomic E-state index is 0.0110. The van der Waals surface area contributed by atoms with Gasteiger partial charge in [-0.05, 0) is 30.3 Å². The maximum Gasteiger partial charge on any atom is 0.338 e. The van der Waals surface area contributed by atoms with Gasteiger partial charge in [0.25, 0.3) is 11.8 Å². The summed E-state index contributed by atoms with van der Waals surface area (Å²) in [6.45, 7) is -0.111. The van der Waals surface area contributed by atoms with E-state index in [1.807, 2.05) is 30.3 Å². The van der Waals surface area contributed by atoms with E-state index in [0.717, 1.165) is 10.5 Å². The number of aromatic nitrogens is 1. The SMILES string of the molecule is O=C(OCCN1C(=O)c2ccccc2C1=O)c1ccc2noc(-c3ccccc3)c2c1. The van der Waals surface area contributed by atoms with Gasteiger partial charge >= 0.3 is 5.97 Å². The predicted octanol–water partition coefficient (Wildman–Crippen LogP) is 3.95. The van der Waals surface area contributed by atoms with Crippen molar-refractivity contribution in [2.75, 3.05) is 13.2 Å². The van der Waals surface area contributed by atoms with Crippen LogP contribution in [0.25, 0.3) is 22.2 Å². The van der Waals surface area contributed by atoms with Crippen molar-refractivity contribution >= 4 is 28.7 Å². The van der Waals surface area contributed by atoms with E-state index in [9.17, 15) is 14.4 Å². The first-order chi connectivity index (χ1) is 15.1. The molecule has 3 aromatic carbocycles. The van der Waals surface area contributed by atoms with E-state index < -0.39 is 5.97 Å². The molecule has 1 aliphatic heterocycles. The molecule has 7 nitrogen and oxygen atoms in total. The van der Waals surface area contributed by atoms with Crippen molar-refractivity contribution in [3.05, 3.63) is 89.5 Å². The van der Waals surface area contributed by atoms with Gasteiger partial charge in [0, 0.05) is 5.56 Å². The molecule has 0 fully saturated rings. The summed E-state index contributed by atoms with van der Waals surface area (Å²) in [7, 11) is 0. The van der Waals surface area contributed by atoms with Crippen molar-refractivity contribution in [1.82, 2.24) is 10.1 Å². The molecule has 1 aliphatic rings. The normalized spacial score (nSPS) is 13.0. The Morgan fingerprint density at radius 2 is 1.58 bits per heavy atom. The lowest BCUT2D eigenvalue weighted by atomic mass is 10.1. The Morgan fingerprint density at radius 3 is 2.29 bits per heavy atom. The van der Waals surface area contributed by atoms with E-state index >= 15 is 0 Å². The van der Waals surface area contributed by atoms with E-state index in [1.165, 1.54) is 0 Å². The molecule has 5 rings (SSSR count). The Hall–Kier alpha value is -4.26. The molecule has 152 valence electrons. The third-order valence-electron chi connectivity index (χ3n) is 5.17. The zero-order valence-electron chi connectivity index (χ0n) is 16.3. The Morgan fingerprint density at radius 1 is 0.903 bits per heavy atom. The van der Waals surface area contributed by atoms with Crippen LogP contribution in [0, 0.1) is 0 Å². The first-order valence-electron chi connectivity index (χ1n) is 9.70. The van der Waals surface area contributed by atoms with Crippen molar-refractivity contribution in [2.24, 2.45) is 0 Å². The van der Waals surface area contributed by atoms with Crippen LogP contribution < -0.4 is 0 Å². The summed E-state index contributed by atoms with van der Waals surface area (Å²) in [5.41, 5.74) is 2.54. The van der Waals surface area contributed by atoms with E-state index in [2.05, 4.69) is 5.16 Å². The number of ether oxygens (including phenoxy) is 1. The largest absolute Gasteiger partial charge is 0.460 e. The van der Waals surface area contributed by atoms with Gasteiger partial charge in [-0.15, -0.1) is 0 Å². The number of carbonyl (C=O) groups is 3. The molecule has 0 unspecified atom stereocenters. The van der Waals surface area contributed by atoms with Gasteiger partial charge in [0.2, 0.25) is 0 Å². The molecule has 2 amide bonds. The minimum atomic E-state index is -0.557. The molecule has 0 atom stereocenters. The zero-order chi connectivity index (χ0) is 21.4. The quantitative estimate of drug-likeness (QED) is 0.364. The summed E-state index contributed by atoms with van der Waals surface area (Å²) in [5.74, 6) is -0.750. The highest BCUT2D eigenvalue weighted by Crippen LogP contribution is 2.29. The zero-order valence-corrected chi connectivity index (χ0v) is 16.3. The highest BCUT2D eigenvalue weighted by molar-refractivity contribution is 6.21. The number of fused-ring (bicyclic) bond motifs is 2. The maximum atomic E-state index is 12.6. The minimum Gasteiger partial charge on any atom is -0.460 e. The summed E-state index contributed by atoms with van der Waals surface area (Å²) >= 11 is 0. The molecular formula is C24H16N2O5. The topological polar surface area (TPSA) is 89.7 Å². The highest BCUT2D eigenvalue weighted by atomic mass is 16.5. The lowest BCUT2D eigenvalue weighted by Gasteiger charge is -2.13. The monoisotopic (exact) mass is 412 g/mol. The smallest absolute Gasteiger partial charge is 0.338 e. The Balaban J connectivity index is 1.29. The van der Waals surface area contributed by atoms with Crippen LogP contribution in [0.3, 0.4) is 0 Å². The van der Waals surface area contributed by atoms with Gasteiger partial charge in [0.15, 0.2) is 5.76 Å². The molecule has 0 radical (unpaired) electrons.